The van der Waals surface area contributed by atoms with Crippen LogP contribution in [-0.4, -0.2) is 22.1 Å². The summed E-state index contributed by atoms with van der Waals surface area (Å²) in [5.74, 6) is 0.0262. The number of methoxy groups -OCH3 is 1. The van der Waals surface area contributed by atoms with Gasteiger partial charge in [-0.3, -0.25) is 4.98 Å². The number of anilines is 1. The van der Waals surface area contributed by atoms with Crippen LogP contribution in [0.3, 0.4) is 0 Å². The molecule has 0 aliphatic heterocycles. The van der Waals surface area contributed by atoms with Crippen molar-refractivity contribution in [2.45, 2.75) is 6.92 Å². The lowest BCUT2D eigenvalue weighted by Crippen LogP contribution is -1.90. The molecule has 22 heavy (non-hydrogen) atoms. The van der Waals surface area contributed by atoms with Gasteiger partial charge in [-0.2, -0.15) is 0 Å². The molecule has 0 radical (unpaired) electrons. The number of halogens is 1. The molecule has 3 rings (SSSR count). The number of aryl methyl sites for hydroxylation is 1. The van der Waals surface area contributed by atoms with Crippen molar-refractivity contribution >= 4 is 5.95 Å². The number of ether oxygens (including phenoxy) is 1. The molecule has 0 aliphatic rings. The van der Waals surface area contributed by atoms with E-state index >= 15 is 0 Å². The Morgan fingerprint density at radius 2 is 2.00 bits per heavy atom. The summed E-state index contributed by atoms with van der Waals surface area (Å²) < 4.78 is 18.9. The molecule has 0 saturated heterocycles. The molecular formula is C16H15FN4O. The number of nitrogens with zero attached hydrogens (tertiary/aromatic N) is 2. The van der Waals surface area contributed by atoms with Gasteiger partial charge in [0.05, 0.1) is 18.5 Å². The van der Waals surface area contributed by atoms with E-state index in [1.807, 2.05) is 19.1 Å². The fraction of sp³-hybridized carbons (Fsp3) is 0.125. The minimum atomic E-state index is -0.440. The van der Waals surface area contributed by atoms with Crippen molar-refractivity contribution in [1.82, 2.24) is 15.0 Å². The maximum Gasteiger partial charge on any atom is 0.198 e. The molecule has 0 fully saturated rings. The van der Waals surface area contributed by atoms with E-state index < -0.39 is 5.82 Å². The first-order valence-corrected chi connectivity index (χ1v) is 6.71. The molecule has 0 spiro atoms. The second-order valence-electron chi connectivity index (χ2n) is 4.88. The SMILES string of the molecule is COc1ccc(-c2[nH]c(N)nc2-c2ccnc(C)c2)cc1F. The zero-order chi connectivity index (χ0) is 15.7. The van der Waals surface area contributed by atoms with Gasteiger partial charge in [-0.05, 0) is 37.3 Å². The Balaban J connectivity index is 2.14. The van der Waals surface area contributed by atoms with Gasteiger partial charge in [0.2, 0.25) is 0 Å². The van der Waals surface area contributed by atoms with Gasteiger partial charge < -0.3 is 15.5 Å². The van der Waals surface area contributed by atoms with Crippen molar-refractivity contribution in [2.24, 2.45) is 0 Å². The number of rotatable bonds is 3. The number of benzene rings is 1. The van der Waals surface area contributed by atoms with Crippen LogP contribution in [0.5, 0.6) is 5.75 Å². The van der Waals surface area contributed by atoms with Crippen LogP contribution in [0.4, 0.5) is 10.3 Å². The van der Waals surface area contributed by atoms with E-state index in [0.717, 1.165) is 11.3 Å². The second-order valence-corrected chi connectivity index (χ2v) is 4.88. The first-order valence-electron chi connectivity index (χ1n) is 6.71. The smallest absolute Gasteiger partial charge is 0.198 e. The fourth-order valence-corrected chi connectivity index (χ4v) is 2.32. The summed E-state index contributed by atoms with van der Waals surface area (Å²) in [5.41, 5.74) is 9.48. The molecule has 2 aromatic heterocycles. The maximum absolute atomic E-state index is 13.9. The predicted molar refractivity (Wildman–Crippen MR) is 82.9 cm³/mol. The topological polar surface area (TPSA) is 76.8 Å². The number of H-pyrrole nitrogens is 1. The number of hydrogen-bond acceptors (Lipinski definition) is 4. The number of aromatic nitrogens is 3. The molecule has 3 N–H and O–H groups in total. The van der Waals surface area contributed by atoms with Crippen LogP contribution in [0.15, 0.2) is 36.5 Å². The Bertz CT molecular complexity index is 829. The summed E-state index contributed by atoms with van der Waals surface area (Å²) in [7, 11) is 1.43. The van der Waals surface area contributed by atoms with Crippen LogP contribution < -0.4 is 10.5 Å². The number of nitrogen functional groups attached to an aromatic ring is 1. The van der Waals surface area contributed by atoms with Crippen molar-refractivity contribution in [1.29, 1.82) is 0 Å². The van der Waals surface area contributed by atoms with Crippen LogP contribution in [0.2, 0.25) is 0 Å². The molecular weight excluding hydrogens is 283 g/mol. The van der Waals surface area contributed by atoms with Crippen LogP contribution in [0.25, 0.3) is 22.5 Å². The summed E-state index contributed by atoms with van der Waals surface area (Å²) >= 11 is 0. The quantitative estimate of drug-likeness (QED) is 0.778. The summed E-state index contributed by atoms with van der Waals surface area (Å²) in [6.07, 6.45) is 1.70. The lowest BCUT2D eigenvalue weighted by Gasteiger charge is -2.06. The van der Waals surface area contributed by atoms with Crippen LogP contribution in [0.1, 0.15) is 5.69 Å². The first kappa shape index (κ1) is 14.1. The van der Waals surface area contributed by atoms with E-state index in [9.17, 15) is 4.39 Å². The monoisotopic (exact) mass is 298 g/mol. The lowest BCUT2D eigenvalue weighted by atomic mass is 10.0. The highest BCUT2D eigenvalue weighted by Gasteiger charge is 2.15. The third-order valence-electron chi connectivity index (χ3n) is 3.33. The molecule has 0 bridgehead atoms. The van der Waals surface area contributed by atoms with Gasteiger partial charge in [0.15, 0.2) is 17.5 Å². The van der Waals surface area contributed by atoms with Gasteiger partial charge in [-0.25, -0.2) is 9.37 Å². The Labute approximate surface area is 127 Å². The van der Waals surface area contributed by atoms with E-state index in [1.165, 1.54) is 13.2 Å². The van der Waals surface area contributed by atoms with Gasteiger partial charge >= 0.3 is 0 Å². The second kappa shape index (κ2) is 5.48. The number of aromatic amines is 1. The minimum absolute atomic E-state index is 0.192. The summed E-state index contributed by atoms with van der Waals surface area (Å²) in [6, 6.07) is 8.46. The van der Waals surface area contributed by atoms with E-state index in [-0.39, 0.29) is 11.7 Å². The molecule has 0 saturated carbocycles. The standard InChI is InChI=1S/C16H15FN4O/c1-9-7-11(5-6-19-9)15-14(20-16(18)21-15)10-3-4-13(22-2)12(17)8-10/h3-8H,1-2H3,(H3,18,20,21). The average molecular weight is 298 g/mol. The van der Waals surface area contributed by atoms with Crippen molar-refractivity contribution in [3.63, 3.8) is 0 Å². The maximum atomic E-state index is 13.9. The van der Waals surface area contributed by atoms with Crippen molar-refractivity contribution in [2.75, 3.05) is 12.8 Å². The summed E-state index contributed by atoms with van der Waals surface area (Å²) in [4.78, 5) is 11.5. The third kappa shape index (κ3) is 2.50. The van der Waals surface area contributed by atoms with Gasteiger partial charge in [0.25, 0.3) is 0 Å². The van der Waals surface area contributed by atoms with Gasteiger partial charge in [0.1, 0.15) is 0 Å². The van der Waals surface area contributed by atoms with Crippen molar-refractivity contribution in [3.05, 3.63) is 48.0 Å². The number of nitrogens with two attached hydrogens (primary N) is 1. The molecule has 0 atom stereocenters. The molecule has 5 nitrogen and oxygen atoms in total. The van der Waals surface area contributed by atoms with Crippen LogP contribution >= 0.6 is 0 Å². The summed E-state index contributed by atoms with van der Waals surface area (Å²) in [6.45, 7) is 1.90. The molecule has 3 aromatic rings. The average Bonchev–Trinajstić information content (AvgIpc) is 2.89. The minimum Gasteiger partial charge on any atom is -0.494 e. The predicted octanol–water partition coefficient (Wildman–Crippen LogP) is 3.18. The van der Waals surface area contributed by atoms with Crippen molar-refractivity contribution < 1.29 is 9.13 Å². The highest BCUT2D eigenvalue weighted by Crippen LogP contribution is 2.32. The number of imidazole rings is 1. The first-order chi connectivity index (χ1) is 10.6. The zero-order valence-electron chi connectivity index (χ0n) is 12.2. The number of pyridine rings is 1. The highest BCUT2D eigenvalue weighted by molar-refractivity contribution is 5.80. The van der Waals surface area contributed by atoms with E-state index in [4.69, 9.17) is 10.5 Å². The Morgan fingerprint density at radius 1 is 1.18 bits per heavy atom. The number of nitrogens with one attached hydrogen (secondary N) is 1. The Hall–Kier alpha value is -2.89. The third-order valence-corrected chi connectivity index (χ3v) is 3.33. The van der Waals surface area contributed by atoms with E-state index in [1.54, 1.807) is 18.3 Å². The normalized spacial score (nSPS) is 10.7. The van der Waals surface area contributed by atoms with Gasteiger partial charge in [-0.15, -0.1) is 0 Å². The molecule has 112 valence electrons. The van der Waals surface area contributed by atoms with E-state index in [0.29, 0.717) is 17.0 Å². The molecule has 2 heterocycles. The fourth-order valence-electron chi connectivity index (χ4n) is 2.32. The molecule has 0 unspecified atom stereocenters. The zero-order valence-corrected chi connectivity index (χ0v) is 12.2. The lowest BCUT2D eigenvalue weighted by molar-refractivity contribution is 0.386. The molecule has 6 heteroatoms. The van der Waals surface area contributed by atoms with E-state index in [2.05, 4.69) is 15.0 Å². The molecule has 0 amide bonds. The Morgan fingerprint density at radius 3 is 2.68 bits per heavy atom. The number of hydrogen-bond donors (Lipinski definition) is 2. The Kier molecular flexibility index (Phi) is 3.50. The van der Waals surface area contributed by atoms with Gasteiger partial charge in [0, 0.05) is 23.0 Å². The molecule has 1 aromatic carbocycles. The van der Waals surface area contributed by atoms with Crippen LogP contribution in [0, 0.1) is 12.7 Å². The molecule has 0 aliphatic carbocycles. The van der Waals surface area contributed by atoms with Crippen molar-refractivity contribution in [3.8, 4) is 28.3 Å². The van der Waals surface area contributed by atoms with Gasteiger partial charge in [-0.1, -0.05) is 0 Å². The summed E-state index contributed by atoms with van der Waals surface area (Å²) in [5, 5.41) is 0. The largest absolute Gasteiger partial charge is 0.494 e. The van der Waals surface area contributed by atoms with Crippen LogP contribution in [-0.2, 0) is 0 Å². The highest BCUT2D eigenvalue weighted by atomic mass is 19.1.